The van der Waals surface area contributed by atoms with Crippen LogP contribution in [0.25, 0.3) is 5.95 Å². The lowest BCUT2D eigenvalue weighted by Gasteiger charge is -2.07. The molecule has 0 atom stereocenters. The van der Waals surface area contributed by atoms with Crippen molar-refractivity contribution in [1.82, 2.24) is 34.5 Å². The number of nitrogens with one attached hydrogen (secondary N) is 1. The molecule has 108 valence electrons. The van der Waals surface area contributed by atoms with E-state index in [0.29, 0.717) is 18.4 Å². The van der Waals surface area contributed by atoms with Gasteiger partial charge in [-0.3, -0.25) is 4.68 Å². The number of nitrogens with zero attached hydrogens (tertiary/aromatic N) is 7. The van der Waals surface area contributed by atoms with Crippen molar-refractivity contribution in [2.45, 2.75) is 6.42 Å². The molecule has 0 unspecified atom stereocenters. The van der Waals surface area contributed by atoms with Gasteiger partial charge in [-0.15, -0.1) is 0 Å². The molecule has 8 nitrogen and oxygen atoms in total. The molecule has 0 aromatic carbocycles. The van der Waals surface area contributed by atoms with Crippen LogP contribution in [0.3, 0.4) is 0 Å². The summed E-state index contributed by atoms with van der Waals surface area (Å²) in [5.41, 5.74) is 1.12. The van der Waals surface area contributed by atoms with Crippen molar-refractivity contribution in [1.29, 1.82) is 0 Å². The highest BCUT2D eigenvalue weighted by molar-refractivity contribution is 6.28. The first-order chi connectivity index (χ1) is 10.2. The Kier molecular flexibility index (Phi) is 3.78. The Morgan fingerprint density at radius 2 is 2.10 bits per heavy atom. The topological polar surface area (TPSA) is 86.3 Å². The molecule has 0 spiro atoms. The molecule has 0 aliphatic carbocycles. The minimum Gasteiger partial charge on any atom is -0.354 e. The van der Waals surface area contributed by atoms with Crippen LogP contribution in [-0.2, 0) is 13.5 Å². The maximum absolute atomic E-state index is 5.91. The van der Waals surface area contributed by atoms with Gasteiger partial charge >= 0.3 is 0 Å². The van der Waals surface area contributed by atoms with Gasteiger partial charge < -0.3 is 5.32 Å². The van der Waals surface area contributed by atoms with Crippen molar-refractivity contribution in [2.75, 3.05) is 11.9 Å². The van der Waals surface area contributed by atoms with Crippen molar-refractivity contribution >= 4 is 17.5 Å². The quantitative estimate of drug-likeness (QED) is 0.759. The Hall–Kier alpha value is -2.48. The van der Waals surface area contributed by atoms with Crippen LogP contribution in [0.1, 0.15) is 5.69 Å². The Bertz CT molecular complexity index is 721. The van der Waals surface area contributed by atoms with Crippen LogP contribution in [0.2, 0.25) is 5.28 Å². The van der Waals surface area contributed by atoms with Crippen LogP contribution in [0.5, 0.6) is 0 Å². The molecule has 3 aromatic rings. The van der Waals surface area contributed by atoms with Gasteiger partial charge in [0.05, 0.1) is 0 Å². The number of aromatic nitrogens is 7. The zero-order valence-corrected chi connectivity index (χ0v) is 12.1. The third-order valence-electron chi connectivity index (χ3n) is 2.89. The molecule has 0 aliphatic rings. The van der Waals surface area contributed by atoms with Crippen LogP contribution in [0, 0.1) is 0 Å². The summed E-state index contributed by atoms with van der Waals surface area (Å²) in [4.78, 5) is 12.4. The summed E-state index contributed by atoms with van der Waals surface area (Å²) in [6.45, 7) is 0.665. The average molecular weight is 305 g/mol. The van der Waals surface area contributed by atoms with Gasteiger partial charge in [-0.05, 0) is 23.7 Å². The van der Waals surface area contributed by atoms with Gasteiger partial charge in [0.25, 0.3) is 5.95 Å². The van der Waals surface area contributed by atoms with Crippen LogP contribution in [-0.4, -0.2) is 41.1 Å². The van der Waals surface area contributed by atoms with E-state index >= 15 is 0 Å². The predicted molar refractivity (Wildman–Crippen MR) is 77.4 cm³/mol. The maximum Gasteiger partial charge on any atom is 0.256 e. The van der Waals surface area contributed by atoms with Gasteiger partial charge in [0.1, 0.15) is 0 Å². The molecular weight excluding hydrogens is 292 g/mol. The van der Waals surface area contributed by atoms with Crippen molar-refractivity contribution in [3.8, 4) is 5.95 Å². The Morgan fingerprint density at radius 3 is 2.81 bits per heavy atom. The Labute approximate surface area is 125 Å². The summed E-state index contributed by atoms with van der Waals surface area (Å²) in [6, 6.07) is 3.75. The molecule has 0 radical (unpaired) electrons. The van der Waals surface area contributed by atoms with Gasteiger partial charge in [0.2, 0.25) is 11.2 Å². The zero-order valence-electron chi connectivity index (χ0n) is 11.3. The van der Waals surface area contributed by atoms with Gasteiger partial charge in [0.15, 0.2) is 0 Å². The van der Waals surface area contributed by atoms with Crippen LogP contribution < -0.4 is 5.32 Å². The van der Waals surface area contributed by atoms with Crippen LogP contribution in [0.15, 0.2) is 30.7 Å². The van der Waals surface area contributed by atoms with Crippen LogP contribution >= 0.6 is 11.6 Å². The zero-order chi connectivity index (χ0) is 14.7. The van der Waals surface area contributed by atoms with E-state index in [2.05, 4.69) is 30.5 Å². The van der Waals surface area contributed by atoms with Gasteiger partial charge in [-0.25, -0.2) is 4.68 Å². The molecule has 0 saturated carbocycles. The maximum atomic E-state index is 5.91. The first kappa shape index (κ1) is 13.5. The first-order valence-corrected chi connectivity index (χ1v) is 6.72. The summed E-state index contributed by atoms with van der Waals surface area (Å²) in [7, 11) is 1.91. The van der Waals surface area contributed by atoms with E-state index in [0.717, 1.165) is 12.1 Å². The standard InChI is InChI=1S/C12H13ClN8/c1-20-9(4-7-15-20)3-6-14-11-17-10(13)18-12(19-11)21-8-2-5-16-21/h2,4-5,7-8H,3,6H2,1H3,(H,14,17,18,19). The van der Waals surface area contributed by atoms with Crippen molar-refractivity contribution in [3.05, 3.63) is 41.7 Å². The summed E-state index contributed by atoms with van der Waals surface area (Å²) >= 11 is 5.91. The Morgan fingerprint density at radius 1 is 1.19 bits per heavy atom. The van der Waals surface area contributed by atoms with E-state index in [9.17, 15) is 0 Å². The lowest BCUT2D eigenvalue weighted by molar-refractivity contribution is 0.710. The second kappa shape index (κ2) is 5.88. The Balaban J connectivity index is 1.69. The van der Waals surface area contributed by atoms with E-state index in [1.165, 1.54) is 4.68 Å². The number of aryl methyl sites for hydroxylation is 1. The third kappa shape index (κ3) is 3.16. The van der Waals surface area contributed by atoms with E-state index in [4.69, 9.17) is 11.6 Å². The molecule has 1 N–H and O–H groups in total. The largest absolute Gasteiger partial charge is 0.354 e. The normalized spacial score (nSPS) is 10.8. The lowest BCUT2D eigenvalue weighted by atomic mass is 10.3. The van der Waals surface area contributed by atoms with Crippen LogP contribution in [0.4, 0.5) is 5.95 Å². The van der Waals surface area contributed by atoms with Gasteiger partial charge in [-0.2, -0.15) is 25.1 Å². The molecule has 0 aliphatic heterocycles. The highest BCUT2D eigenvalue weighted by Crippen LogP contribution is 2.09. The smallest absolute Gasteiger partial charge is 0.256 e. The second-order valence-electron chi connectivity index (χ2n) is 4.30. The fourth-order valence-corrected chi connectivity index (χ4v) is 2.01. The number of hydrogen-bond acceptors (Lipinski definition) is 6. The fraction of sp³-hybridized carbons (Fsp3) is 0.250. The summed E-state index contributed by atoms with van der Waals surface area (Å²) in [6.07, 6.45) is 5.96. The summed E-state index contributed by atoms with van der Waals surface area (Å²) < 4.78 is 3.36. The van der Waals surface area contributed by atoms with Crippen molar-refractivity contribution < 1.29 is 0 Å². The molecule has 9 heteroatoms. The molecular formula is C12H13ClN8. The SMILES string of the molecule is Cn1nccc1CCNc1nc(Cl)nc(-n2cccn2)n1. The molecule has 0 fully saturated rings. The minimum atomic E-state index is 0.124. The first-order valence-electron chi connectivity index (χ1n) is 6.35. The molecule has 3 aromatic heterocycles. The molecule has 0 saturated heterocycles. The van der Waals surface area contributed by atoms with Crippen molar-refractivity contribution in [2.24, 2.45) is 7.05 Å². The van der Waals surface area contributed by atoms with Gasteiger partial charge in [0, 0.05) is 44.3 Å². The number of rotatable bonds is 5. The fourth-order valence-electron chi connectivity index (χ4n) is 1.86. The lowest BCUT2D eigenvalue weighted by Crippen LogP contribution is -2.13. The minimum absolute atomic E-state index is 0.124. The molecule has 0 amide bonds. The number of anilines is 1. The summed E-state index contributed by atoms with van der Waals surface area (Å²) in [5.74, 6) is 0.797. The van der Waals surface area contributed by atoms with E-state index < -0.39 is 0 Å². The predicted octanol–water partition coefficient (Wildman–Crippen LogP) is 1.10. The van der Waals surface area contributed by atoms with E-state index in [1.54, 1.807) is 24.7 Å². The van der Waals surface area contributed by atoms with Gasteiger partial charge in [-0.1, -0.05) is 0 Å². The number of hydrogen-bond donors (Lipinski definition) is 1. The second-order valence-corrected chi connectivity index (χ2v) is 4.64. The highest BCUT2D eigenvalue weighted by Gasteiger charge is 2.07. The molecule has 0 bridgehead atoms. The molecule has 3 rings (SSSR count). The van der Waals surface area contributed by atoms with E-state index in [1.807, 2.05) is 17.8 Å². The molecule has 21 heavy (non-hydrogen) atoms. The third-order valence-corrected chi connectivity index (χ3v) is 3.06. The highest BCUT2D eigenvalue weighted by atomic mass is 35.5. The number of halogens is 1. The molecule has 3 heterocycles. The summed E-state index contributed by atoms with van der Waals surface area (Å²) in [5, 5.41) is 11.4. The van der Waals surface area contributed by atoms with E-state index in [-0.39, 0.29) is 5.28 Å². The van der Waals surface area contributed by atoms with Crippen molar-refractivity contribution in [3.63, 3.8) is 0 Å². The monoisotopic (exact) mass is 304 g/mol. The average Bonchev–Trinajstić information content (AvgIpc) is 3.10.